The van der Waals surface area contributed by atoms with Crippen molar-refractivity contribution in [3.63, 3.8) is 0 Å². The van der Waals surface area contributed by atoms with E-state index in [1.807, 2.05) is 0 Å². The van der Waals surface area contributed by atoms with Crippen molar-refractivity contribution in [1.82, 2.24) is 15.5 Å². The molecule has 96 valence electrons. The van der Waals surface area contributed by atoms with Gasteiger partial charge < -0.3 is 9.84 Å². The highest BCUT2D eigenvalue weighted by Gasteiger charge is 2.06. The number of hydrogen-bond donors (Lipinski definition) is 1. The zero-order valence-electron chi connectivity index (χ0n) is 9.86. The molecule has 0 amide bonds. The maximum Gasteiger partial charge on any atom is 0.263 e. The average molecular weight is 253 g/mol. The van der Waals surface area contributed by atoms with E-state index in [1.165, 1.54) is 12.1 Å². The number of aryl methyl sites for hydroxylation is 1. The Balaban J connectivity index is 1.83. The maximum atomic E-state index is 12.3. The van der Waals surface area contributed by atoms with Gasteiger partial charge in [-0.25, -0.2) is 8.78 Å². The molecule has 0 aliphatic carbocycles. The first-order valence-corrected chi connectivity index (χ1v) is 5.52. The fourth-order valence-electron chi connectivity index (χ4n) is 1.51. The zero-order valence-corrected chi connectivity index (χ0v) is 9.86. The lowest BCUT2D eigenvalue weighted by Gasteiger charge is -2.04. The number of alkyl halides is 2. The summed E-state index contributed by atoms with van der Waals surface area (Å²) >= 11 is 0. The fraction of sp³-hybridized carbons (Fsp3) is 0.333. The number of nitrogens with zero attached hydrogens (tertiary/aromatic N) is 2. The minimum atomic E-state index is -2.42. The average Bonchev–Trinajstić information content (AvgIpc) is 2.76. The van der Waals surface area contributed by atoms with Crippen molar-refractivity contribution in [1.29, 1.82) is 0 Å². The van der Waals surface area contributed by atoms with Crippen molar-refractivity contribution in [2.45, 2.75) is 26.4 Å². The highest BCUT2D eigenvalue weighted by Crippen LogP contribution is 2.18. The third kappa shape index (κ3) is 3.33. The van der Waals surface area contributed by atoms with Crippen LogP contribution >= 0.6 is 0 Å². The van der Waals surface area contributed by atoms with Crippen LogP contribution in [-0.2, 0) is 13.1 Å². The van der Waals surface area contributed by atoms with Crippen LogP contribution in [-0.4, -0.2) is 10.1 Å². The lowest BCUT2D eigenvalue weighted by molar-refractivity contribution is 0.151. The molecule has 0 aliphatic heterocycles. The molecule has 1 N–H and O–H groups in total. The monoisotopic (exact) mass is 253 g/mol. The zero-order chi connectivity index (χ0) is 13.0. The van der Waals surface area contributed by atoms with Gasteiger partial charge in [-0.1, -0.05) is 29.4 Å². The summed E-state index contributed by atoms with van der Waals surface area (Å²) in [6, 6.07) is 6.21. The van der Waals surface area contributed by atoms with Crippen LogP contribution in [0.3, 0.4) is 0 Å². The minimum Gasteiger partial charge on any atom is -0.338 e. The molecule has 6 heteroatoms. The van der Waals surface area contributed by atoms with Gasteiger partial charge in [0.1, 0.15) is 0 Å². The molecule has 0 aliphatic rings. The summed E-state index contributed by atoms with van der Waals surface area (Å²) in [5.41, 5.74) is 0.960. The van der Waals surface area contributed by atoms with Crippen molar-refractivity contribution in [3.8, 4) is 0 Å². The van der Waals surface area contributed by atoms with Gasteiger partial charge in [-0.2, -0.15) is 4.98 Å². The molecule has 0 bridgehead atoms. The largest absolute Gasteiger partial charge is 0.338 e. The van der Waals surface area contributed by atoms with Crippen LogP contribution in [0.4, 0.5) is 8.78 Å². The summed E-state index contributed by atoms with van der Waals surface area (Å²) in [5.74, 6) is 1.10. The van der Waals surface area contributed by atoms with Crippen LogP contribution in [0.5, 0.6) is 0 Å². The topological polar surface area (TPSA) is 51.0 Å². The highest BCUT2D eigenvalue weighted by molar-refractivity contribution is 5.23. The van der Waals surface area contributed by atoms with Crippen LogP contribution in [0.2, 0.25) is 0 Å². The molecule has 1 heterocycles. The summed E-state index contributed by atoms with van der Waals surface area (Å²) < 4.78 is 29.6. The second kappa shape index (κ2) is 5.68. The van der Waals surface area contributed by atoms with Crippen LogP contribution in [0.1, 0.15) is 29.3 Å². The summed E-state index contributed by atoms with van der Waals surface area (Å²) in [7, 11) is 0. The van der Waals surface area contributed by atoms with Gasteiger partial charge >= 0.3 is 0 Å². The lowest BCUT2D eigenvalue weighted by Crippen LogP contribution is -2.12. The molecule has 0 fully saturated rings. The van der Waals surface area contributed by atoms with Gasteiger partial charge in [0, 0.05) is 12.1 Å². The number of halogens is 2. The van der Waals surface area contributed by atoms with Crippen molar-refractivity contribution < 1.29 is 13.3 Å². The molecule has 0 radical (unpaired) electrons. The number of benzene rings is 1. The van der Waals surface area contributed by atoms with Crippen molar-refractivity contribution >= 4 is 0 Å². The molecule has 2 aromatic rings. The molecule has 18 heavy (non-hydrogen) atoms. The molecule has 0 atom stereocenters. The SMILES string of the molecule is Cc1noc(CNCc2ccc(C(F)F)cc2)n1. The Hall–Kier alpha value is -1.82. The molecule has 0 spiro atoms. The molecule has 1 aromatic heterocycles. The van der Waals surface area contributed by atoms with E-state index >= 15 is 0 Å². The van der Waals surface area contributed by atoms with Gasteiger partial charge in [0.05, 0.1) is 6.54 Å². The van der Waals surface area contributed by atoms with Gasteiger partial charge in [0.25, 0.3) is 6.43 Å². The first-order valence-electron chi connectivity index (χ1n) is 5.52. The number of nitrogens with one attached hydrogen (secondary N) is 1. The van der Waals surface area contributed by atoms with E-state index in [0.717, 1.165) is 5.56 Å². The third-order valence-corrected chi connectivity index (χ3v) is 2.41. The molecule has 2 rings (SSSR count). The van der Waals surface area contributed by atoms with Crippen LogP contribution in [0, 0.1) is 6.92 Å². The highest BCUT2D eigenvalue weighted by atomic mass is 19.3. The fourth-order valence-corrected chi connectivity index (χ4v) is 1.51. The molecule has 1 aromatic carbocycles. The Labute approximate surface area is 103 Å². The van der Waals surface area contributed by atoms with Crippen LogP contribution in [0.15, 0.2) is 28.8 Å². The third-order valence-electron chi connectivity index (χ3n) is 2.41. The van der Waals surface area contributed by atoms with E-state index in [0.29, 0.717) is 24.8 Å². The van der Waals surface area contributed by atoms with Crippen molar-refractivity contribution in [3.05, 3.63) is 47.1 Å². The van der Waals surface area contributed by atoms with E-state index in [4.69, 9.17) is 4.52 Å². The van der Waals surface area contributed by atoms with E-state index in [9.17, 15) is 8.78 Å². The van der Waals surface area contributed by atoms with Gasteiger partial charge in [-0.05, 0) is 12.5 Å². The molecule has 4 nitrogen and oxygen atoms in total. The normalized spacial score (nSPS) is 11.1. The molecule has 0 unspecified atom stereocenters. The summed E-state index contributed by atoms with van der Waals surface area (Å²) in [6.07, 6.45) is -2.42. The molecule has 0 saturated heterocycles. The summed E-state index contributed by atoms with van der Waals surface area (Å²) in [4.78, 5) is 4.04. The van der Waals surface area contributed by atoms with Crippen LogP contribution < -0.4 is 5.32 Å². The number of aromatic nitrogens is 2. The Kier molecular flexibility index (Phi) is 3.99. The second-order valence-electron chi connectivity index (χ2n) is 3.88. The molecular formula is C12H13F2N3O. The van der Waals surface area contributed by atoms with E-state index < -0.39 is 6.43 Å². The Morgan fingerprint density at radius 1 is 1.22 bits per heavy atom. The minimum absolute atomic E-state index is 0.0336. The Bertz CT molecular complexity index is 496. The molecular weight excluding hydrogens is 240 g/mol. The Morgan fingerprint density at radius 2 is 1.94 bits per heavy atom. The predicted octanol–water partition coefficient (Wildman–Crippen LogP) is 2.61. The van der Waals surface area contributed by atoms with Gasteiger partial charge in [0.2, 0.25) is 5.89 Å². The predicted molar refractivity (Wildman–Crippen MR) is 61.0 cm³/mol. The quantitative estimate of drug-likeness (QED) is 0.889. The second-order valence-corrected chi connectivity index (χ2v) is 3.88. The first-order chi connectivity index (χ1) is 8.65. The smallest absolute Gasteiger partial charge is 0.263 e. The van der Waals surface area contributed by atoms with Crippen molar-refractivity contribution in [2.24, 2.45) is 0 Å². The number of rotatable bonds is 5. The van der Waals surface area contributed by atoms with Gasteiger partial charge in [-0.15, -0.1) is 0 Å². The standard InChI is InChI=1S/C12H13F2N3O/c1-8-16-11(18-17-8)7-15-6-9-2-4-10(5-3-9)12(13)14/h2-5,12,15H,6-7H2,1H3. The molecule has 0 saturated carbocycles. The lowest BCUT2D eigenvalue weighted by atomic mass is 10.1. The maximum absolute atomic E-state index is 12.3. The summed E-state index contributed by atoms with van der Waals surface area (Å²) in [6.45, 7) is 2.76. The van der Waals surface area contributed by atoms with Crippen LogP contribution in [0.25, 0.3) is 0 Å². The first kappa shape index (κ1) is 12.6. The number of hydrogen-bond acceptors (Lipinski definition) is 4. The Morgan fingerprint density at radius 3 is 2.50 bits per heavy atom. The van der Waals surface area contributed by atoms with E-state index in [1.54, 1.807) is 19.1 Å². The summed E-state index contributed by atoms with van der Waals surface area (Å²) in [5, 5.41) is 6.76. The van der Waals surface area contributed by atoms with E-state index in [2.05, 4.69) is 15.5 Å². The van der Waals surface area contributed by atoms with Gasteiger partial charge in [0.15, 0.2) is 5.82 Å². The van der Waals surface area contributed by atoms with E-state index in [-0.39, 0.29) is 5.56 Å². The van der Waals surface area contributed by atoms with Crippen molar-refractivity contribution in [2.75, 3.05) is 0 Å². The van der Waals surface area contributed by atoms with Gasteiger partial charge in [-0.3, -0.25) is 0 Å².